The number of hydrogen-bond donors (Lipinski definition) is 2. The van der Waals surface area contributed by atoms with E-state index in [1.54, 1.807) is 0 Å². The zero-order valence-electron chi connectivity index (χ0n) is 11.4. The maximum Gasteiger partial charge on any atom is 0.144 e. The summed E-state index contributed by atoms with van der Waals surface area (Å²) in [6, 6.07) is 0. The first kappa shape index (κ1) is 14.3. The van der Waals surface area contributed by atoms with Gasteiger partial charge in [-0.05, 0) is 26.8 Å². The Morgan fingerprint density at radius 1 is 1.53 bits per heavy atom. The molecule has 1 aliphatic rings. The van der Waals surface area contributed by atoms with E-state index in [9.17, 15) is 0 Å². The second-order valence-electron chi connectivity index (χ2n) is 5.97. The van der Waals surface area contributed by atoms with Crippen LogP contribution in [0.25, 0.3) is 0 Å². The molecule has 3 N–H and O–H groups in total. The van der Waals surface area contributed by atoms with E-state index in [1.165, 1.54) is 0 Å². The van der Waals surface area contributed by atoms with Gasteiger partial charge in [0.15, 0.2) is 0 Å². The van der Waals surface area contributed by atoms with Crippen molar-refractivity contribution in [2.75, 3.05) is 26.3 Å². The molecule has 0 amide bonds. The van der Waals surface area contributed by atoms with Gasteiger partial charge in [0.05, 0.1) is 13.2 Å². The van der Waals surface area contributed by atoms with Crippen LogP contribution in [0.2, 0.25) is 0 Å². The molecule has 1 heterocycles. The number of hydrogen-bond acceptors (Lipinski definition) is 4. The zero-order valence-corrected chi connectivity index (χ0v) is 11.4. The fourth-order valence-electron chi connectivity index (χ4n) is 1.98. The Bertz CT molecular complexity index is 287. The van der Waals surface area contributed by atoms with Crippen LogP contribution in [0.15, 0.2) is 5.16 Å². The van der Waals surface area contributed by atoms with Crippen molar-refractivity contribution >= 4 is 5.84 Å². The first-order valence-electron chi connectivity index (χ1n) is 6.10. The van der Waals surface area contributed by atoms with Crippen LogP contribution in [0, 0.1) is 5.41 Å². The van der Waals surface area contributed by atoms with Crippen molar-refractivity contribution in [2.45, 2.75) is 39.7 Å². The Morgan fingerprint density at radius 3 is 2.71 bits per heavy atom. The van der Waals surface area contributed by atoms with Crippen molar-refractivity contribution in [1.29, 1.82) is 0 Å². The summed E-state index contributed by atoms with van der Waals surface area (Å²) in [6.45, 7) is 11.8. The van der Waals surface area contributed by atoms with Crippen LogP contribution in [0.1, 0.15) is 34.1 Å². The van der Waals surface area contributed by atoms with Crippen LogP contribution in [0.5, 0.6) is 0 Å². The lowest BCUT2D eigenvalue weighted by molar-refractivity contribution is -0.0532. The average Bonchev–Trinajstić information content (AvgIpc) is 2.25. The van der Waals surface area contributed by atoms with E-state index in [0.29, 0.717) is 5.84 Å². The number of oxime groups is 1. The molecule has 0 aromatic heterocycles. The van der Waals surface area contributed by atoms with Crippen molar-refractivity contribution in [1.82, 2.24) is 4.90 Å². The fraction of sp³-hybridized carbons (Fsp3) is 0.917. The molecule has 0 aliphatic carbocycles. The van der Waals surface area contributed by atoms with E-state index in [4.69, 9.17) is 15.7 Å². The molecule has 5 heteroatoms. The molecule has 1 saturated heterocycles. The molecule has 1 fully saturated rings. The largest absolute Gasteiger partial charge is 0.409 e. The van der Waals surface area contributed by atoms with Crippen molar-refractivity contribution < 1.29 is 9.94 Å². The molecule has 0 aromatic rings. The van der Waals surface area contributed by atoms with Crippen molar-refractivity contribution in [3.05, 3.63) is 0 Å². The highest BCUT2D eigenvalue weighted by Crippen LogP contribution is 2.25. The SMILES string of the molecule is CC(C)(CCN1CCOCC1(C)C)C(N)=NO. The number of rotatable bonds is 4. The minimum absolute atomic E-state index is 0.0689. The minimum atomic E-state index is -0.275. The average molecular weight is 243 g/mol. The molecule has 0 radical (unpaired) electrons. The standard InChI is InChI=1S/C12H25N3O2/c1-11(2,10(13)14-16)5-6-15-7-8-17-9-12(15,3)4/h16H,5-9H2,1-4H3,(H2,13,14). The number of nitrogens with zero attached hydrogens (tertiary/aromatic N) is 2. The van der Waals surface area contributed by atoms with Gasteiger partial charge in [-0.15, -0.1) is 0 Å². The third-order valence-electron chi connectivity index (χ3n) is 3.62. The smallest absolute Gasteiger partial charge is 0.144 e. The Labute approximate surface area is 104 Å². The van der Waals surface area contributed by atoms with Gasteiger partial charge in [0.25, 0.3) is 0 Å². The Balaban J connectivity index is 2.55. The third kappa shape index (κ3) is 3.57. The number of amidine groups is 1. The monoisotopic (exact) mass is 243 g/mol. The van der Waals surface area contributed by atoms with Gasteiger partial charge in [0.1, 0.15) is 5.84 Å². The van der Waals surface area contributed by atoms with E-state index in [0.717, 1.165) is 32.7 Å². The first-order valence-corrected chi connectivity index (χ1v) is 6.10. The van der Waals surface area contributed by atoms with Crippen LogP contribution in [-0.2, 0) is 4.74 Å². The van der Waals surface area contributed by atoms with Crippen LogP contribution < -0.4 is 5.73 Å². The summed E-state index contributed by atoms with van der Waals surface area (Å²) < 4.78 is 5.49. The lowest BCUT2D eigenvalue weighted by Gasteiger charge is -2.43. The first-order chi connectivity index (χ1) is 7.79. The molecule has 0 bridgehead atoms. The van der Waals surface area contributed by atoms with E-state index >= 15 is 0 Å². The molecule has 1 rings (SSSR count). The predicted molar refractivity (Wildman–Crippen MR) is 68.3 cm³/mol. The lowest BCUT2D eigenvalue weighted by atomic mass is 9.87. The van der Waals surface area contributed by atoms with Gasteiger partial charge in [-0.3, -0.25) is 4.90 Å². The molecule has 17 heavy (non-hydrogen) atoms. The van der Waals surface area contributed by atoms with Crippen LogP contribution in [0.4, 0.5) is 0 Å². The molecule has 1 aliphatic heterocycles. The molecule has 0 atom stereocenters. The zero-order chi connectivity index (χ0) is 13.1. The number of ether oxygens (including phenoxy) is 1. The lowest BCUT2D eigenvalue weighted by Crippen LogP contribution is -2.54. The van der Waals surface area contributed by atoms with Gasteiger partial charge < -0.3 is 15.7 Å². The molecule has 0 saturated carbocycles. The van der Waals surface area contributed by atoms with Crippen molar-refractivity contribution in [3.63, 3.8) is 0 Å². The second kappa shape index (κ2) is 5.23. The second-order valence-corrected chi connectivity index (χ2v) is 5.97. The van der Waals surface area contributed by atoms with Gasteiger partial charge >= 0.3 is 0 Å². The highest BCUT2D eigenvalue weighted by atomic mass is 16.5. The predicted octanol–water partition coefficient (Wildman–Crippen LogP) is 1.26. The molecule has 0 spiro atoms. The summed E-state index contributed by atoms with van der Waals surface area (Å²) in [5, 5.41) is 11.9. The van der Waals surface area contributed by atoms with Crippen LogP contribution in [0.3, 0.4) is 0 Å². The molecule has 0 aromatic carbocycles. The fourth-order valence-corrected chi connectivity index (χ4v) is 1.98. The van der Waals surface area contributed by atoms with Gasteiger partial charge in [0.2, 0.25) is 0 Å². The highest BCUT2D eigenvalue weighted by Gasteiger charge is 2.32. The van der Waals surface area contributed by atoms with Gasteiger partial charge in [-0.1, -0.05) is 19.0 Å². The van der Waals surface area contributed by atoms with Crippen LogP contribution >= 0.6 is 0 Å². The van der Waals surface area contributed by atoms with E-state index < -0.39 is 0 Å². The highest BCUT2D eigenvalue weighted by molar-refractivity contribution is 5.85. The summed E-state index contributed by atoms with van der Waals surface area (Å²) in [7, 11) is 0. The van der Waals surface area contributed by atoms with Crippen molar-refractivity contribution in [3.8, 4) is 0 Å². The molecular weight excluding hydrogens is 218 g/mol. The minimum Gasteiger partial charge on any atom is -0.409 e. The molecule has 0 unspecified atom stereocenters. The van der Waals surface area contributed by atoms with E-state index in [-0.39, 0.29) is 11.0 Å². The number of nitrogens with two attached hydrogens (primary N) is 1. The molecular formula is C12H25N3O2. The molecule has 100 valence electrons. The van der Waals surface area contributed by atoms with Gasteiger partial charge in [0, 0.05) is 17.5 Å². The Hall–Kier alpha value is -0.810. The Morgan fingerprint density at radius 2 is 2.18 bits per heavy atom. The van der Waals surface area contributed by atoms with E-state index in [1.807, 2.05) is 13.8 Å². The maximum atomic E-state index is 8.74. The number of morpholine rings is 1. The summed E-state index contributed by atoms with van der Waals surface area (Å²) in [5.41, 5.74) is 5.48. The van der Waals surface area contributed by atoms with E-state index in [2.05, 4.69) is 23.9 Å². The van der Waals surface area contributed by atoms with Crippen LogP contribution in [-0.4, -0.2) is 47.8 Å². The summed E-state index contributed by atoms with van der Waals surface area (Å²) >= 11 is 0. The summed E-state index contributed by atoms with van der Waals surface area (Å²) in [5.74, 6) is 0.295. The van der Waals surface area contributed by atoms with Gasteiger partial charge in [-0.25, -0.2) is 0 Å². The quantitative estimate of drug-likeness (QED) is 0.337. The van der Waals surface area contributed by atoms with Crippen molar-refractivity contribution in [2.24, 2.45) is 16.3 Å². The summed E-state index contributed by atoms with van der Waals surface area (Å²) in [6.07, 6.45) is 0.867. The van der Waals surface area contributed by atoms with Gasteiger partial charge in [-0.2, -0.15) is 0 Å². The maximum absolute atomic E-state index is 8.74. The topological polar surface area (TPSA) is 71.1 Å². The molecule has 5 nitrogen and oxygen atoms in total. The normalized spacial score (nSPS) is 22.7. The summed E-state index contributed by atoms with van der Waals surface area (Å²) in [4.78, 5) is 2.41. The Kier molecular flexibility index (Phi) is 4.38. The third-order valence-corrected chi connectivity index (χ3v) is 3.62.